The third-order valence-electron chi connectivity index (χ3n) is 5.42. The molecule has 32 heavy (non-hydrogen) atoms. The molecule has 0 saturated carbocycles. The minimum atomic E-state index is -0.668. The van der Waals surface area contributed by atoms with Gasteiger partial charge in [-0.3, -0.25) is 14.4 Å². The summed E-state index contributed by atoms with van der Waals surface area (Å²) < 4.78 is 10.7. The molecule has 1 aliphatic rings. The van der Waals surface area contributed by atoms with Gasteiger partial charge < -0.3 is 25.0 Å². The Kier molecular flexibility index (Phi) is 8.48. The number of hydrogen-bond acceptors (Lipinski definition) is 5. The second-order valence-electron chi connectivity index (χ2n) is 7.67. The number of nitrogens with one attached hydrogen (secondary N) is 2. The van der Waals surface area contributed by atoms with Crippen LogP contribution < -0.4 is 20.1 Å². The maximum atomic E-state index is 12.3. The van der Waals surface area contributed by atoms with E-state index >= 15 is 0 Å². The largest absolute Gasteiger partial charge is 0.497 e. The molecule has 1 fully saturated rings. The molecule has 0 spiro atoms. The Morgan fingerprint density at radius 3 is 2.34 bits per heavy atom. The van der Waals surface area contributed by atoms with E-state index in [9.17, 15) is 14.4 Å². The molecule has 1 saturated heterocycles. The molecule has 8 nitrogen and oxygen atoms in total. The number of amides is 3. The summed E-state index contributed by atoms with van der Waals surface area (Å²) in [7, 11) is 1.57. The normalized spacial score (nSPS) is 13.8. The number of ether oxygens (including phenoxy) is 2. The summed E-state index contributed by atoms with van der Waals surface area (Å²) in [6, 6.07) is 16.5. The fourth-order valence-corrected chi connectivity index (χ4v) is 3.50. The van der Waals surface area contributed by atoms with Gasteiger partial charge in [0.15, 0.2) is 6.61 Å². The van der Waals surface area contributed by atoms with Gasteiger partial charge in [-0.25, -0.2) is 0 Å². The van der Waals surface area contributed by atoms with Crippen molar-refractivity contribution in [2.24, 2.45) is 5.92 Å². The standard InChI is InChI=1S/C24H29N3O5/c1-31-21-9-5-6-19(14-21)16-26-24(30)23(29)25-15-18-10-12-27(13-11-18)22(28)17-32-20-7-3-2-4-8-20/h2-9,14,18H,10-13,15-17H2,1H3,(H,25,29)(H,26,30). The SMILES string of the molecule is COc1cccc(CNC(=O)C(=O)NCC2CCN(C(=O)COc3ccccc3)CC2)c1. The molecule has 3 rings (SSSR count). The van der Waals surface area contributed by atoms with Crippen LogP contribution in [0.25, 0.3) is 0 Å². The van der Waals surface area contributed by atoms with Crippen molar-refractivity contribution >= 4 is 17.7 Å². The van der Waals surface area contributed by atoms with Crippen LogP contribution in [0.15, 0.2) is 54.6 Å². The molecule has 2 N–H and O–H groups in total. The van der Waals surface area contributed by atoms with Gasteiger partial charge in [-0.1, -0.05) is 30.3 Å². The number of methoxy groups -OCH3 is 1. The summed E-state index contributed by atoms with van der Waals surface area (Å²) in [5, 5.41) is 5.31. The van der Waals surface area contributed by atoms with Gasteiger partial charge in [-0.2, -0.15) is 0 Å². The fourth-order valence-electron chi connectivity index (χ4n) is 3.50. The van der Waals surface area contributed by atoms with E-state index in [1.807, 2.05) is 48.5 Å². The zero-order valence-corrected chi connectivity index (χ0v) is 18.2. The molecule has 0 atom stereocenters. The Morgan fingerprint density at radius 1 is 0.938 bits per heavy atom. The first kappa shape index (κ1) is 23.1. The van der Waals surface area contributed by atoms with Crippen LogP contribution in [0.4, 0.5) is 0 Å². The molecule has 0 bridgehead atoms. The van der Waals surface area contributed by atoms with Crippen molar-refractivity contribution in [3.05, 3.63) is 60.2 Å². The average Bonchev–Trinajstić information content (AvgIpc) is 2.85. The van der Waals surface area contributed by atoms with Crippen LogP contribution in [-0.2, 0) is 20.9 Å². The molecule has 0 unspecified atom stereocenters. The summed E-state index contributed by atoms with van der Waals surface area (Å²) in [6.07, 6.45) is 1.53. The molecule has 0 aromatic heterocycles. The smallest absolute Gasteiger partial charge is 0.309 e. The molecule has 2 aromatic rings. The van der Waals surface area contributed by atoms with Gasteiger partial charge in [0.1, 0.15) is 11.5 Å². The first-order chi connectivity index (χ1) is 15.5. The number of rotatable bonds is 8. The van der Waals surface area contributed by atoms with Gasteiger partial charge in [-0.05, 0) is 48.6 Å². The van der Waals surface area contributed by atoms with E-state index in [0.29, 0.717) is 31.1 Å². The lowest BCUT2D eigenvalue weighted by Crippen LogP contribution is -2.45. The maximum Gasteiger partial charge on any atom is 0.309 e. The van der Waals surface area contributed by atoms with Gasteiger partial charge in [0.05, 0.1) is 7.11 Å². The minimum Gasteiger partial charge on any atom is -0.497 e. The third-order valence-corrected chi connectivity index (χ3v) is 5.42. The van der Waals surface area contributed by atoms with Crippen molar-refractivity contribution in [2.75, 3.05) is 33.4 Å². The maximum absolute atomic E-state index is 12.3. The average molecular weight is 440 g/mol. The number of carbonyl (C=O) groups is 3. The van der Waals surface area contributed by atoms with Crippen molar-refractivity contribution in [3.8, 4) is 11.5 Å². The van der Waals surface area contributed by atoms with Crippen molar-refractivity contribution in [1.82, 2.24) is 15.5 Å². The van der Waals surface area contributed by atoms with Crippen molar-refractivity contribution in [2.45, 2.75) is 19.4 Å². The van der Waals surface area contributed by atoms with Crippen LogP contribution in [0, 0.1) is 5.92 Å². The van der Waals surface area contributed by atoms with Crippen molar-refractivity contribution < 1.29 is 23.9 Å². The highest BCUT2D eigenvalue weighted by Crippen LogP contribution is 2.17. The number of hydrogen-bond donors (Lipinski definition) is 2. The highest BCUT2D eigenvalue weighted by atomic mass is 16.5. The summed E-state index contributed by atoms with van der Waals surface area (Å²) in [5.41, 5.74) is 0.846. The summed E-state index contributed by atoms with van der Waals surface area (Å²) in [5.74, 6) is 0.222. The number of benzene rings is 2. The Hall–Kier alpha value is -3.55. The lowest BCUT2D eigenvalue weighted by molar-refractivity contribution is -0.139. The predicted molar refractivity (Wildman–Crippen MR) is 119 cm³/mol. The third kappa shape index (κ3) is 7.01. The van der Waals surface area contributed by atoms with E-state index in [4.69, 9.17) is 9.47 Å². The molecule has 2 aromatic carbocycles. The molecule has 1 heterocycles. The summed E-state index contributed by atoms with van der Waals surface area (Å²) >= 11 is 0. The van der Waals surface area contributed by atoms with E-state index in [-0.39, 0.29) is 25.0 Å². The van der Waals surface area contributed by atoms with Crippen molar-refractivity contribution in [3.63, 3.8) is 0 Å². The summed E-state index contributed by atoms with van der Waals surface area (Å²) in [4.78, 5) is 38.3. The van der Waals surface area contributed by atoms with E-state index in [2.05, 4.69) is 10.6 Å². The van der Waals surface area contributed by atoms with Crippen molar-refractivity contribution in [1.29, 1.82) is 0 Å². The van der Waals surface area contributed by atoms with Crippen LogP contribution in [0.1, 0.15) is 18.4 Å². The lowest BCUT2D eigenvalue weighted by Gasteiger charge is -2.32. The van der Waals surface area contributed by atoms with E-state index in [0.717, 1.165) is 18.4 Å². The quantitative estimate of drug-likeness (QED) is 0.611. The molecule has 3 amide bonds. The topological polar surface area (TPSA) is 97.0 Å². The second-order valence-corrected chi connectivity index (χ2v) is 7.67. The molecule has 1 aliphatic heterocycles. The number of likely N-dealkylation sites (tertiary alicyclic amines) is 1. The minimum absolute atomic E-state index is 0.0128. The fraction of sp³-hybridized carbons (Fsp3) is 0.375. The Labute approximate surface area is 187 Å². The van der Waals surface area contributed by atoms with Crippen LogP contribution >= 0.6 is 0 Å². The van der Waals surface area contributed by atoms with Gasteiger partial charge in [0.2, 0.25) is 0 Å². The number of nitrogens with zero attached hydrogens (tertiary/aromatic N) is 1. The first-order valence-electron chi connectivity index (χ1n) is 10.7. The molecule has 0 aliphatic carbocycles. The van der Waals surface area contributed by atoms with Crippen LogP contribution in [0.5, 0.6) is 11.5 Å². The highest BCUT2D eigenvalue weighted by Gasteiger charge is 2.24. The van der Waals surface area contributed by atoms with E-state index in [1.54, 1.807) is 18.1 Å². The van der Waals surface area contributed by atoms with Gasteiger partial charge >= 0.3 is 11.8 Å². The molecule has 8 heteroatoms. The van der Waals surface area contributed by atoms with E-state index in [1.165, 1.54) is 0 Å². The number of para-hydroxylation sites is 1. The van der Waals surface area contributed by atoms with Gasteiger partial charge in [-0.15, -0.1) is 0 Å². The Morgan fingerprint density at radius 2 is 1.62 bits per heavy atom. The second kappa shape index (κ2) is 11.7. The Bertz CT molecular complexity index is 911. The predicted octanol–water partition coefficient (Wildman–Crippen LogP) is 1.75. The van der Waals surface area contributed by atoms with Crippen LogP contribution in [0.2, 0.25) is 0 Å². The van der Waals surface area contributed by atoms with Crippen LogP contribution in [0.3, 0.4) is 0 Å². The summed E-state index contributed by atoms with van der Waals surface area (Å²) in [6.45, 7) is 1.89. The van der Waals surface area contributed by atoms with Crippen LogP contribution in [-0.4, -0.2) is 56.0 Å². The molecule has 170 valence electrons. The molecular weight excluding hydrogens is 410 g/mol. The first-order valence-corrected chi connectivity index (χ1v) is 10.7. The zero-order chi connectivity index (χ0) is 22.8. The molecule has 0 radical (unpaired) electrons. The molecular formula is C24H29N3O5. The van der Waals surface area contributed by atoms with Gasteiger partial charge in [0, 0.05) is 26.2 Å². The Balaban J connectivity index is 1.32. The number of carbonyl (C=O) groups excluding carboxylic acids is 3. The van der Waals surface area contributed by atoms with E-state index < -0.39 is 11.8 Å². The highest BCUT2D eigenvalue weighted by molar-refractivity contribution is 6.35. The lowest BCUT2D eigenvalue weighted by atomic mass is 9.96. The zero-order valence-electron chi connectivity index (χ0n) is 18.2. The van der Waals surface area contributed by atoms with Gasteiger partial charge in [0.25, 0.3) is 5.91 Å². The number of piperidine rings is 1. The monoisotopic (exact) mass is 439 g/mol.